The van der Waals surface area contributed by atoms with Crippen LogP contribution < -0.4 is 10.0 Å². The number of pyridine rings is 2. The quantitative estimate of drug-likeness (QED) is 0.298. The Bertz CT molecular complexity index is 1170. The molecular weight excluding hydrogens is 473 g/mol. The molecule has 10 heteroatoms. The summed E-state index contributed by atoms with van der Waals surface area (Å²) in [5, 5.41) is -0.377. The van der Waals surface area contributed by atoms with E-state index in [1.807, 2.05) is 13.8 Å². The van der Waals surface area contributed by atoms with Crippen molar-refractivity contribution in [3.63, 3.8) is 0 Å². The van der Waals surface area contributed by atoms with E-state index < -0.39 is 11.7 Å². The maximum atomic E-state index is 13.5. The Morgan fingerprint density at radius 3 is 2.55 bits per heavy atom. The van der Waals surface area contributed by atoms with E-state index in [2.05, 4.69) is 9.97 Å². The summed E-state index contributed by atoms with van der Waals surface area (Å²) in [5.74, 6) is -0.332. The number of rotatable bonds is 7. The van der Waals surface area contributed by atoms with Gasteiger partial charge in [-0.15, -0.1) is 0 Å². The summed E-state index contributed by atoms with van der Waals surface area (Å²) in [6.07, 6.45) is -0.911. The topological polar surface area (TPSA) is 72.1 Å². The zero-order chi connectivity index (χ0) is 24.3. The third-order valence-corrected chi connectivity index (χ3v) is 6.23. The zero-order valence-corrected chi connectivity index (χ0v) is 19.8. The minimum atomic E-state index is -4.58. The average molecular weight is 495 g/mol. The maximum Gasteiger partial charge on any atom is 0.417 e. The average Bonchev–Trinajstić information content (AvgIpc) is 2.73. The molecule has 3 aromatic rings. The molecule has 2 heterocycles. The summed E-state index contributed by atoms with van der Waals surface area (Å²) in [7, 11) is 0. The van der Waals surface area contributed by atoms with Gasteiger partial charge in [0.15, 0.2) is 0 Å². The lowest BCUT2D eigenvalue weighted by Gasteiger charge is -2.25. The van der Waals surface area contributed by atoms with Gasteiger partial charge in [0.1, 0.15) is 5.69 Å². The third-order valence-electron chi connectivity index (χ3n) is 4.83. The molecule has 0 saturated carbocycles. The summed E-state index contributed by atoms with van der Waals surface area (Å²) < 4.78 is 41.7. The minimum absolute atomic E-state index is 0.148. The first-order valence-corrected chi connectivity index (χ1v) is 11.2. The number of nitrogens with zero attached hydrogens (tertiary/aromatic N) is 3. The van der Waals surface area contributed by atoms with Gasteiger partial charge in [-0.2, -0.15) is 13.2 Å². The van der Waals surface area contributed by atoms with Crippen LogP contribution in [-0.4, -0.2) is 22.3 Å². The zero-order valence-electron chi connectivity index (χ0n) is 18.2. The molecule has 0 aliphatic rings. The van der Waals surface area contributed by atoms with E-state index in [1.165, 1.54) is 18.3 Å². The highest BCUT2D eigenvalue weighted by atomic mass is 35.5. The molecule has 0 fully saturated rings. The Kier molecular flexibility index (Phi) is 7.54. The van der Waals surface area contributed by atoms with Gasteiger partial charge in [-0.25, -0.2) is 4.98 Å². The van der Waals surface area contributed by atoms with E-state index in [4.69, 9.17) is 17.3 Å². The van der Waals surface area contributed by atoms with Crippen LogP contribution in [0.2, 0.25) is 5.02 Å². The van der Waals surface area contributed by atoms with Gasteiger partial charge < -0.3 is 10.0 Å². The van der Waals surface area contributed by atoms with Crippen molar-refractivity contribution in [3.05, 3.63) is 75.8 Å². The van der Waals surface area contributed by atoms with Gasteiger partial charge >= 0.3 is 6.18 Å². The molecular formula is C23H22ClF3N4OS. The number of alkyl halides is 3. The second-order valence-electron chi connectivity index (χ2n) is 7.39. The molecule has 0 unspecified atom stereocenters. The molecule has 0 spiro atoms. The monoisotopic (exact) mass is 494 g/mol. The van der Waals surface area contributed by atoms with E-state index in [1.54, 1.807) is 29.6 Å². The molecule has 2 N–H and O–H groups in total. The summed E-state index contributed by atoms with van der Waals surface area (Å²) in [6, 6.07) is 7.04. The van der Waals surface area contributed by atoms with Crippen molar-refractivity contribution in [3.8, 4) is 0 Å². The fourth-order valence-electron chi connectivity index (χ4n) is 3.31. The van der Waals surface area contributed by atoms with Crippen LogP contribution in [0, 0.1) is 13.8 Å². The first-order valence-electron chi connectivity index (χ1n) is 10.1. The maximum absolute atomic E-state index is 13.5. The van der Waals surface area contributed by atoms with Crippen LogP contribution >= 0.6 is 23.5 Å². The SMILES string of the molecule is CCCN(Sc1ccc(Cl)c(C(F)(F)F)c1)c1cc(N)cnc1C(=O)c1c(C)ccnc1C. The number of hydrogen-bond acceptors (Lipinski definition) is 6. The van der Waals surface area contributed by atoms with Crippen LogP contribution in [-0.2, 0) is 6.18 Å². The molecule has 0 aliphatic carbocycles. The molecule has 2 aromatic heterocycles. The number of nitrogens with two attached hydrogens (primary N) is 1. The predicted octanol–water partition coefficient (Wildman–Crippen LogP) is 6.50. The molecule has 0 bridgehead atoms. The van der Waals surface area contributed by atoms with Crippen molar-refractivity contribution in [2.24, 2.45) is 0 Å². The molecule has 0 radical (unpaired) electrons. The standard InChI is InChI=1S/C23H22ClF3N4OS/c1-4-9-31(33-16-5-6-18(24)17(11-16)23(25,26)27)19-10-15(28)12-30-21(19)22(32)20-13(2)7-8-29-14(20)3/h5-8,10-12H,4,9,28H2,1-3H3. The van der Waals surface area contributed by atoms with Gasteiger partial charge in [-0.3, -0.25) is 9.78 Å². The van der Waals surface area contributed by atoms with Crippen molar-refractivity contribution in [2.45, 2.75) is 38.3 Å². The van der Waals surface area contributed by atoms with Crippen LogP contribution in [0.25, 0.3) is 0 Å². The second kappa shape index (κ2) is 10.0. The van der Waals surface area contributed by atoms with Gasteiger partial charge in [-0.05, 0) is 68.1 Å². The Labute approximate surface area is 199 Å². The van der Waals surface area contributed by atoms with Crippen LogP contribution in [0.1, 0.15) is 46.2 Å². The first kappa shape index (κ1) is 24.9. The van der Waals surface area contributed by atoms with Crippen molar-refractivity contribution in [2.75, 3.05) is 16.6 Å². The highest BCUT2D eigenvalue weighted by Gasteiger charge is 2.33. The van der Waals surface area contributed by atoms with Crippen LogP contribution in [0.4, 0.5) is 24.5 Å². The van der Waals surface area contributed by atoms with E-state index in [9.17, 15) is 18.0 Å². The van der Waals surface area contributed by atoms with E-state index >= 15 is 0 Å². The molecule has 5 nitrogen and oxygen atoms in total. The predicted molar refractivity (Wildman–Crippen MR) is 126 cm³/mol. The Morgan fingerprint density at radius 2 is 1.91 bits per heavy atom. The van der Waals surface area contributed by atoms with Gasteiger partial charge in [0.25, 0.3) is 0 Å². The number of aryl methyl sites for hydroxylation is 2. The smallest absolute Gasteiger partial charge is 0.397 e. The molecule has 1 aromatic carbocycles. The lowest BCUT2D eigenvalue weighted by molar-refractivity contribution is -0.137. The summed E-state index contributed by atoms with van der Waals surface area (Å²) in [4.78, 5) is 22.3. The summed E-state index contributed by atoms with van der Waals surface area (Å²) in [5.41, 5.74) is 7.68. The van der Waals surface area contributed by atoms with Crippen LogP contribution in [0.5, 0.6) is 0 Å². The number of carbonyl (C=O) groups excluding carboxylic acids is 1. The number of hydrogen-bond donors (Lipinski definition) is 1. The molecule has 0 atom stereocenters. The number of aromatic nitrogens is 2. The van der Waals surface area contributed by atoms with E-state index in [0.29, 0.717) is 40.5 Å². The molecule has 0 aliphatic heterocycles. The third kappa shape index (κ3) is 5.59. The van der Waals surface area contributed by atoms with Crippen molar-refractivity contribution in [1.29, 1.82) is 0 Å². The van der Waals surface area contributed by atoms with Crippen molar-refractivity contribution < 1.29 is 18.0 Å². The lowest BCUT2D eigenvalue weighted by atomic mass is 10.0. The summed E-state index contributed by atoms with van der Waals surface area (Å²) >= 11 is 6.82. The van der Waals surface area contributed by atoms with E-state index in [-0.39, 0.29) is 16.5 Å². The van der Waals surface area contributed by atoms with Gasteiger partial charge in [0, 0.05) is 28.9 Å². The second-order valence-corrected chi connectivity index (χ2v) is 8.89. The number of anilines is 2. The van der Waals surface area contributed by atoms with Gasteiger partial charge in [-0.1, -0.05) is 18.5 Å². The molecule has 3 rings (SSSR count). The van der Waals surface area contributed by atoms with Crippen molar-refractivity contribution >= 4 is 40.7 Å². The fourth-order valence-corrected chi connectivity index (χ4v) is 4.60. The molecule has 0 saturated heterocycles. The van der Waals surface area contributed by atoms with Crippen LogP contribution in [0.15, 0.2) is 47.6 Å². The molecule has 0 amide bonds. The summed E-state index contributed by atoms with van der Waals surface area (Å²) in [6.45, 7) is 5.91. The van der Waals surface area contributed by atoms with Crippen LogP contribution in [0.3, 0.4) is 0 Å². The highest BCUT2D eigenvalue weighted by molar-refractivity contribution is 8.00. The minimum Gasteiger partial charge on any atom is -0.397 e. The Hall–Kier alpha value is -2.78. The Balaban J connectivity index is 2.08. The Morgan fingerprint density at radius 1 is 1.18 bits per heavy atom. The van der Waals surface area contributed by atoms with Crippen molar-refractivity contribution in [1.82, 2.24) is 9.97 Å². The number of benzene rings is 1. The first-order chi connectivity index (χ1) is 15.5. The number of ketones is 1. The molecule has 174 valence electrons. The number of nitrogen functional groups attached to an aromatic ring is 1. The normalized spacial score (nSPS) is 11.5. The van der Waals surface area contributed by atoms with Gasteiger partial charge in [0.05, 0.1) is 28.2 Å². The largest absolute Gasteiger partial charge is 0.417 e. The van der Waals surface area contributed by atoms with E-state index in [0.717, 1.165) is 23.6 Å². The highest BCUT2D eigenvalue weighted by Crippen LogP contribution is 2.39. The number of halogens is 4. The number of carbonyl (C=O) groups is 1. The molecule has 33 heavy (non-hydrogen) atoms. The van der Waals surface area contributed by atoms with Gasteiger partial charge in [0.2, 0.25) is 5.78 Å². The fraction of sp³-hybridized carbons (Fsp3) is 0.261. The lowest BCUT2D eigenvalue weighted by Crippen LogP contribution is -2.21.